The summed E-state index contributed by atoms with van der Waals surface area (Å²) >= 11 is 1.54. The van der Waals surface area contributed by atoms with Gasteiger partial charge in [-0.05, 0) is 73.1 Å². The number of amides is 2. The SMILES string of the molecule is COc1cc(-c2csc3c(C=CC(=O)NCC4CCCNC4)cnc(N)c23)ccc1NC(=O)c1cc2ccccc2n1C. The van der Waals surface area contributed by atoms with Crippen LogP contribution in [0.5, 0.6) is 5.75 Å². The van der Waals surface area contributed by atoms with E-state index in [2.05, 4.69) is 20.9 Å². The van der Waals surface area contributed by atoms with Crippen LogP contribution in [0.2, 0.25) is 0 Å². The number of para-hydroxylation sites is 1. The number of nitrogen functional groups attached to an aromatic ring is 1. The second-order valence-corrected chi connectivity index (χ2v) is 11.6. The van der Waals surface area contributed by atoms with E-state index in [0.717, 1.165) is 63.6 Å². The van der Waals surface area contributed by atoms with Crippen molar-refractivity contribution in [1.82, 2.24) is 20.2 Å². The molecule has 4 heterocycles. The minimum Gasteiger partial charge on any atom is -0.495 e. The van der Waals surface area contributed by atoms with Crippen LogP contribution in [-0.2, 0) is 11.8 Å². The number of nitrogens with two attached hydrogens (primary N) is 1. The molecule has 5 aromatic rings. The molecule has 1 fully saturated rings. The number of fused-ring (bicyclic) bond motifs is 2. The molecule has 1 unspecified atom stereocenters. The smallest absolute Gasteiger partial charge is 0.272 e. The summed E-state index contributed by atoms with van der Waals surface area (Å²) in [5.74, 6) is 1.04. The number of carbonyl (C=O) groups excluding carboxylic acids is 2. The average Bonchev–Trinajstić information content (AvgIpc) is 3.63. The number of carbonyl (C=O) groups is 2. The summed E-state index contributed by atoms with van der Waals surface area (Å²) in [5.41, 5.74) is 11.1. The number of nitrogens with zero attached hydrogens (tertiary/aromatic N) is 2. The van der Waals surface area contributed by atoms with Crippen LogP contribution in [0.1, 0.15) is 28.9 Å². The van der Waals surface area contributed by atoms with Crippen molar-refractivity contribution in [3.63, 3.8) is 0 Å². The van der Waals surface area contributed by atoms with Gasteiger partial charge in [0.1, 0.15) is 17.3 Å². The van der Waals surface area contributed by atoms with Gasteiger partial charge in [-0.15, -0.1) is 11.3 Å². The van der Waals surface area contributed by atoms with Crippen molar-refractivity contribution in [3.8, 4) is 16.9 Å². The summed E-state index contributed by atoms with van der Waals surface area (Å²) in [6.45, 7) is 2.65. The minimum absolute atomic E-state index is 0.127. The molecule has 5 N–H and O–H groups in total. The summed E-state index contributed by atoms with van der Waals surface area (Å²) in [6, 6.07) is 15.4. The maximum absolute atomic E-state index is 13.2. The zero-order valence-corrected chi connectivity index (χ0v) is 25.0. The van der Waals surface area contributed by atoms with E-state index in [9.17, 15) is 9.59 Å². The Hall–Kier alpha value is -4.67. The van der Waals surface area contributed by atoms with Gasteiger partial charge < -0.3 is 31.0 Å². The monoisotopic (exact) mass is 594 g/mol. The quantitative estimate of drug-likeness (QED) is 0.178. The van der Waals surface area contributed by atoms with Crippen molar-refractivity contribution in [2.24, 2.45) is 13.0 Å². The summed E-state index contributed by atoms with van der Waals surface area (Å²) in [4.78, 5) is 30.2. The summed E-state index contributed by atoms with van der Waals surface area (Å²) in [5, 5.41) is 13.2. The third-order valence-electron chi connectivity index (χ3n) is 7.98. The Morgan fingerprint density at radius 1 is 1.23 bits per heavy atom. The lowest BCUT2D eigenvalue weighted by Crippen LogP contribution is -2.37. The van der Waals surface area contributed by atoms with E-state index in [1.165, 1.54) is 0 Å². The van der Waals surface area contributed by atoms with Crippen molar-refractivity contribution < 1.29 is 14.3 Å². The second-order valence-electron chi connectivity index (χ2n) is 10.8. The van der Waals surface area contributed by atoms with E-state index in [4.69, 9.17) is 10.5 Å². The van der Waals surface area contributed by atoms with E-state index in [1.54, 1.807) is 36.8 Å². The number of pyridine rings is 1. The van der Waals surface area contributed by atoms with Gasteiger partial charge in [-0.1, -0.05) is 24.3 Å². The van der Waals surface area contributed by atoms with Gasteiger partial charge in [0.15, 0.2) is 0 Å². The van der Waals surface area contributed by atoms with Gasteiger partial charge in [0.05, 0.1) is 12.8 Å². The first-order valence-corrected chi connectivity index (χ1v) is 15.2. The topological polar surface area (TPSA) is 123 Å². The molecule has 43 heavy (non-hydrogen) atoms. The Morgan fingerprint density at radius 2 is 2.09 bits per heavy atom. The number of rotatable bonds is 8. The van der Waals surface area contributed by atoms with Crippen LogP contribution >= 0.6 is 11.3 Å². The number of anilines is 2. The van der Waals surface area contributed by atoms with E-state index in [0.29, 0.717) is 35.4 Å². The lowest BCUT2D eigenvalue weighted by Gasteiger charge is -2.22. The fraction of sp³-hybridized carbons (Fsp3) is 0.242. The lowest BCUT2D eigenvalue weighted by atomic mass is 10.00. The third-order valence-corrected chi connectivity index (χ3v) is 9.00. The maximum Gasteiger partial charge on any atom is 0.272 e. The molecular formula is C33H34N6O3S. The van der Waals surface area contributed by atoms with E-state index in [-0.39, 0.29) is 11.8 Å². The zero-order chi connectivity index (χ0) is 29.9. The number of methoxy groups -OCH3 is 1. The van der Waals surface area contributed by atoms with E-state index < -0.39 is 0 Å². The Labute approximate surface area is 253 Å². The molecular weight excluding hydrogens is 560 g/mol. The number of hydrogen-bond acceptors (Lipinski definition) is 7. The molecule has 0 radical (unpaired) electrons. The molecule has 1 saturated heterocycles. The van der Waals surface area contributed by atoms with Crippen LogP contribution in [0.15, 0.2) is 66.2 Å². The van der Waals surface area contributed by atoms with Crippen molar-refractivity contribution in [2.45, 2.75) is 12.8 Å². The standard InChI is InChI=1S/C33H34N6O3S/c1-39-26-8-4-3-7-22(26)14-27(39)33(41)38-25-11-9-21(15-28(25)42-2)24-19-43-31-23(18-37-32(34)30(24)31)10-12-29(40)36-17-20-6-5-13-35-16-20/h3-4,7-12,14-15,18-20,35H,5-6,13,16-17H2,1-2H3,(H2,34,37)(H,36,40)(H,38,41). The molecule has 6 rings (SSSR count). The van der Waals surface area contributed by atoms with Crippen LogP contribution in [0.4, 0.5) is 11.5 Å². The largest absolute Gasteiger partial charge is 0.495 e. The van der Waals surface area contributed by atoms with Gasteiger partial charge in [0.25, 0.3) is 5.91 Å². The highest BCUT2D eigenvalue weighted by atomic mass is 32.1. The number of piperidine rings is 1. The Bertz CT molecular complexity index is 1850. The van der Waals surface area contributed by atoms with Crippen LogP contribution in [0.25, 0.3) is 38.2 Å². The zero-order valence-electron chi connectivity index (χ0n) is 24.1. The van der Waals surface area contributed by atoms with Crippen LogP contribution in [0, 0.1) is 5.92 Å². The lowest BCUT2D eigenvalue weighted by molar-refractivity contribution is -0.116. The van der Waals surface area contributed by atoms with Crippen molar-refractivity contribution in [3.05, 3.63) is 77.4 Å². The molecule has 10 heteroatoms. The van der Waals surface area contributed by atoms with Crippen LogP contribution in [-0.4, -0.2) is 48.1 Å². The van der Waals surface area contributed by atoms with Gasteiger partial charge in [-0.2, -0.15) is 0 Å². The van der Waals surface area contributed by atoms with Crippen molar-refractivity contribution in [1.29, 1.82) is 0 Å². The molecule has 1 aliphatic heterocycles. The molecule has 220 valence electrons. The summed E-state index contributed by atoms with van der Waals surface area (Å²) in [6.07, 6.45) is 7.30. The molecule has 0 aliphatic carbocycles. The number of thiophene rings is 1. The highest BCUT2D eigenvalue weighted by molar-refractivity contribution is 7.18. The first kappa shape index (κ1) is 28.4. The fourth-order valence-corrected chi connectivity index (χ4v) is 6.72. The first-order chi connectivity index (χ1) is 20.9. The Balaban J connectivity index is 1.22. The van der Waals surface area contributed by atoms with Crippen molar-refractivity contribution >= 4 is 61.7 Å². The summed E-state index contributed by atoms with van der Waals surface area (Å²) < 4.78 is 8.50. The van der Waals surface area contributed by atoms with Crippen LogP contribution in [0.3, 0.4) is 0 Å². The molecule has 1 aliphatic rings. The number of hydrogen-bond donors (Lipinski definition) is 4. The number of aromatic nitrogens is 2. The molecule has 9 nitrogen and oxygen atoms in total. The number of nitrogens with one attached hydrogen (secondary N) is 3. The third kappa shape index (κ3) is 5.84. The normalized spacial score (nSPS) is 15.3. The number of ether oxygens (including phenoxy) is 1. The van der Waals surface area contributed by atoms with Crippen LogP contribution < -0.4 is 26.4 Å². The predicted molar refractivity (Wildman–Crippen MR) is 175 cm³/mol. The fourth-order valence-electron chi connectivity index (χ4n) is 5.64. The Morgan fingerprint density at radius 3 is 2.88 bits per heavy atom. The van der Waals surface area contributed by atoms with Gasteiger partial charge in [0, 0.05) is 58.0 Å². The van der Waals surface area contributed by atoms with Crippen molar-refractivity contribution in [2.75, 3.05) is 37.8 Å². The predicted octanol–water partition coefficient (Wildman–Crippen LogP) is 5.43. The number of aryl methyl sites for hydroxylation is 1. The molecule has 1 atom stereocenters. The molecule has 0 spiro atoms. The van der Waals surface area contributed by atoms with E-state index in [1.807, 2.05) is 65.5 Å². The highest BCUT2D eigenvalue weighted by Crippen LogP contribution is 2.41. The van der Waals surface area contributed by atoms with E-state index >= 15 is 0 Å². The first-order valence-electron chi connectivity index (χ1n) is 14.3. The molecule has 3 aromatic heterocycles. The molecule has 0 saturated carbocycles. The Kier molecular flexibility index (Phi) is 8.13. The molecule has 2 aromatic carbocycles. The molecule has 2 amide bonds. The van der Waals surface area contributed by atoms with Gasteiger partial charge in [-0.25, -0.2) is 4.98 Å². The van der Waals surface area contributed by atoms with Gasteiger partial charge in [-0.3, -0.25) is 9.59 Å². The van der Waals surface area contributed by atoms with Gasteiger partial charge >= 0.3 is 0 Å². The second kappa shape index (κ2) is 12.3. The van der Waals surface area contributed by atoms with Gasteiger partial charge in [0.2, 0.25) is 5.91 Å². The highest BCUT2D eigenvalue weighted by Gasteiger charge is 2.18. The minimum atomic E-state index is -0.227. The maximum atomic E-state index is 13.2. The number of benzene rings is 2. The summed E-state index contributed by atoms with van der Waals surface area (Å²) in [7, 11) is 3.45. The molecule has 0 bridgehead atoms. The average molecular weight is 595 g/mol.